The second kappa shape index (κ2) is 6.82. The molecular weight excluding hydrogens is 336 g/mol. The molecule has 0 bridgehead atoms. The molecule has 1 N–H and O–H groups in total. The van der Waals surface area contributed by atoms with E-state index in [-0.39, 0.29) is 0 Å². The molecule has 1 aliphatic rings. The number of anilines is 1. The van der Waals surface area contributed by atoms with Gasteiger partial charge in [-0.05, 0) is 41.1 Å². The predicted octanol–water partition coefficient (Wildman–Crippen LogP) is 3.42. The number of ether oxygens (including phenoxy) is 1. The molecular formula is C19H18N2O3S. The lowest BCUT2D eigenvalue weighted by atomic mass is 10.0. The summed E-state index contributed by atoms with van der Waals surface area (Å²) in [6.45, 7) is 2.99. The highest BCUT2D eigenvalue weighted by molar-refractivity contribution is 7.18. The molecule has 5 nitrogen and oxygen atoms in total. The fraction of sp³-hybridized carbons (Fsp3) is 0.263. The number of morpholine rings is 1. The molecule has 128 valence electrons. The molecule has 25 heavy (non-hydrogen) atoms. The van der Waals surface area contributed by atoms with E-state index < -0.39 is 5.97 Å². The Morgan fingerprint density at radius 1 is 1.20 bits per heavy atom. The minimum absolute atomic E-state index is 0.424. The number of carbonyl (C=O) groups is 1. The molecule has 1 fully saturated rings. The van der Waals surface area contributed by atoms with Crippen molar-refractivity contribution in [1.29, 1.82) is 0 Å². The molecule has 0 spiro atoms. The van der Waals surface area contributed by atoms with E-state index in [1.165, 1.54) is 11.3 Å². The van der Waals surface area contributed by atoms with Crippen LogP contribution in [0.4, 0.5) is 5.00 Å². The molecule has 0 radical (unpaired) electrons. The summed E-state index contributed by atoms with van der Waals surface area (Å²) in [5, 5.41) is 12.8. The summed E-state index contributed by atoms with van der Waals surface area (Å²) < 4.78 is 5.38. The Bertz CT molecular complexity index is 916. The van der Waals surface area contributed by atoms with Gasteiger partial charge in [0.2, 0.25) is 0 Å². The number of nitrogens with zero attached hydrogens (tertiary/aromatic N) is 2. The Labute approximate surface area is 149 Å². The smallest absolute Gasteiger partial charge is 0.346 e. The normalized spacial score (nSPS) is 14.8. The van der Waals surface area contributed by atoms with Crippen molar-refractivity contribution in [3.8, 4) is 0 Å². The molecule has 1 saturated heterocycles. The average Bonchev–Trinajstić information content (AvgIpc) is 3.06. The third kappa shape index (κ3) is 3.36. The summed E-state index contributed by atoms with van der Waals surface area (Å²) in [7, 11) is 0. The topological polar surface area (TPSA) is 62.7 Å². The van der Waals surface area contributed by atoms with Crippen molar-refractivity contribution in [2.45, 2.75) is 6.42 Å². The second-order valence-electron chi connectivity index (χ2n) is 6.08. The number of hydrogen-bond acceptors (Lipinski definition) is 5. The van der Waals surface area contributed by atoms with Crippen LogP contribution >= 0.6 is 11.3 Å². The Balaban J connectivity index is 1.65. The van der Waals surface area contributed by atoms with Gasteiger partial charge in [-0.2, -0.15) is 0 Å². The number of aromatic nitrogens is 1. The van der Waals surface area contributed by atoms with Crippen LogP contribution in [0.3, 0.4) is 0 Å². The lowest BCUT2D eigenvalue weighted by Gasteiger charge is -2.27. The second-order valence-corrected chi connectivity index (χ2v) is 7.11. The van der Waals surface area contributed by atoms with Crippen molar-refractivity contribution in [2.24, 2.45) is 0 Å². The van der Waals surface area contributed by atoms with Gasteiger partial charge in [-0.3, -0.25) is 4.98 Å². The average molecular weight is 354 g/mol. The minimum Gasteiger partial charge on any atom is -0.477 e. The van der Waals surface area contributed by atoms with Gasteiger partial charge in [0.05, 0.1) is 18.2 Å². The third-order valence-electron chi connectivity index (χ3n) is 4.41. The SMILES string of the molecule is O=C(O)c1sc(N2CCOCC2)cc1Cc1ccc2ccncc2c1. The van der Waals surface area contributed by atoms with Gasteiger partial charge in [0.15, 0.2) is 0 Å². The number of fused-ring (bicyclic) bond motifs is 1. The quantitative estimate of drug-likeness (QED) is 0.778. The van der Waals surface area contributed by atoms with Crippen LogP contribution in [0, 0.1) is 0 Å². The summed E-state index contributed by atoms with van der Waals surface area (Å²) in [5.41, 5.74) is 1.96. The Morgan fingerprint density at radius 3 is 2.84 bits per heavy atom. The molecule has 3 heterocycles. The highest BCUT2D eigenvalue weighted by Crippen LogP contribution is 2.32. The van der Waals surface area contributed by atoms with Gasteiger partial charge in [-0.15, -0.1) is 11.3 Å². The van der Waals surface area contributed by atoms with E-state index in [0.29, 0.717) is 24.5 Å². The van der Waals surface area contributed by atoms with E-state index in [0.717, 1.165) is 40.0 Å². The van der Waals surface area contributed by atoms with Crippen molar-refractivity contribution in [2.75, 3.05) is 31.2 Å². The van der Waals surface area contributed by atoms with E-state index in [2.05, 4.69) is 28.1 Å². The zero-order valence-electron chi connectivity index (χ0n) is 13.6. The van der Waals surface area contributed by atoms with Crippen molar-refractivity contribution in [3.63, 3.8) is 0 Å². The Morgan fingerprint density at radius 2 is 2.04 bits per heavy atom. The van der Waals surface area contributed by atoms with Crippen LogP contribution in [0.25, 0.3) is 10.8 Å². The number of pyridine rings is 1. The molecule has 0 atom stereocenters. The summed E-state index contributed by atoms with van der Waals surface area (Å²) in [4.78, 5) is 18.5. The van der Waals surface area contributed by atoms with E-state index in [9.17, 15) is 9.90 Å². The first-order chi connectivity index (χ1) is 12.2. The number of thiophene rings is 1. The van der Waals surface area contributed by atoms with Crippen LogP contribution in [0.15, 0.2) is 42.7 Å². The van der Waals surface area contributed by atoms with Crippen molar-refractivity contribution in [3.05, 3.63) is 58.7 Å². The first kappa shape index (κ1) is 16.1. The van der Waals surface area contributed by atoms with Gasteiger partial charge >= 0.3 is 5.97 Å². The number of carboxylic acid groups (broad SMARTS) is 1. The zero-order chi connectivity index (χ0) is 17.2. The van der Waals surface area contributed by atoms with Gasteiger partial charge in [-0.25, -0.2) is 4.79 Å². The number of rotatable bonds is 4. The van der Waals surface area contributed by atoms with Gasteiger partial charge in [-0.1, -0.05) is 12.1 Å². The summed E-state index contributed by atoms with van der Waals surface area (Å²) >= 11 is 1.36. The number of carboxylic acids is 1. The number of benzene rings is 1. The minimum atomic E-state index is -0.859. The highest BCUT2D eigenvalue weighted by atomic mass is 32.1. The van der Waals surface area contributed by atoms with Crippen LogP contribution in [0.1, 0.15) is 20.8 Å². The van der Waals surface area contributed by atoms with E-state index in [4.69, 9.17) is 4.74 Å². The lowest BCUT2D eigenvalue weighted by molar-refractivity contribution is 0.0701. The first-order valence-electron chi connectivity index (χ1n) is 8.22. The standard InChI is InChI=1S/C19H18N2O3S/c22-19(23)18-15(11-17(25-18)21-5-7-24-8-6-21)9-13-1-2-14-3-4-20-12-16(14)10-13/h1-4,10-12H,5-9H2,(H,22,23). The summed E-state index contributed by atoms with van der Waals surface area (Å²) in [6.07, 6.45) is 4.22. The molecule has 4 rings (SSSR count). The molecule has 2 aromatic heterocycles. The molecule has 1 aliphatic heterocycles. The van der Waals surface area contributed by atoms with Gasteiger partial charge < -0.3 is 14.7 Å². The molecule has 0 amide bonds. The van der Waals surface area contributed by atoms with Crippen LogP contribution in [0.2, 0.25) is 0 Å². The zero-order valence-corrected chi connectivity index (χ0v) is 14.5. The fourth-order valence-electron chi connectivity index (χ4n) is 3.13. The molecule has 0 unspecified atom stereocenters. The molecule has 0 aliphatic carbocycles. The van der Waals surface area contributed by atoms with E-state index >= 15 is 0 Å². The Hall–Kier alpha value is -2.44. The van der Waals surface area contributed by atoms with Crippen LogP contribution in [-0.2, 0) is 11.2 Å². The number of hydrogen-bond donors (Lipinski definition) is 1. The predicted molar refractivity (Wildman–Crippen MR) is 98.9 cm³/mol. The largest absolute Gasteiger partial charge is 0.477 e. The van der Waals surface area contributed by atoms with Crippen LogP contribution in [-0.4, -0.2) is 42.4 Å². The molecule has 1 aromatic carbocycles. The van der Waals surface area contributed by atoms with E-state index in [1.807, 2.05) is 18.3 Å². The van der Waals surface area contributed by atoms with Gasteiger partial charge in [0, 0.05) is 30.9 Å². The summed E-state index contributed by atoms with van der Waals surface area (Å²) in [6, 6.07) is 10.2. The maximum Gasteiger partial charge on any atom is 0.346 e. The fourth-order valence-corrected chi connectivity index (χ4v) is 4.20. The van der Waals surface area contributed by atoms with Crippen molar-refractivity contribution < 1.29 is 14.6 Å². The van der Waals surface area contributed by atoms with E-state index in [1.54, 1.807) is 6.20 Å². The van der Waals surface area contributed by atoms with Gasteiger partial charge in [0.1, 0.15) is 4.88 Å². The maximum absolute atomic E-state index is 11.7. The highest BCUT2D eigenvalue weighted by Gasteiger charge is 2.20. The molecule has 3 aromatic rings. The van der Waals surface area contributed by atoms with Crippen LogP contribution < -0.4 is 4.90 Å². The maximum atomic E-state index is 11.7. The molecule has 0 saturated carbocycles. The number of aromatic carboxylic acids is 1. The monoisotopic (exact) mass is 354 g/mol. The first-order valence-corrected chi connectivity index (χ1v) is 9.04. The van der Waals surface area contributed by atoms with Crippen molar-refractivity contribution in [1.82, 2.24) is 4.98 Å². The van der Waals surface area contributed by atoms with Crippen LogP contribution in [0.5, 0.6) is 0 Å². The van der Waals surface area contributed by atoms with Gasteiger partial charge in [0.25, 0.3) is 0 Å². The Kier molecular flexibility index (Phi) is 4.38. The van der Waals surface area contributed by atoms with Crippen molar-refractivity contribution >= 4 is 33.1 Å². The summed E-state index contributed by atoms with van der Waals surface area (Å²) in [5.74, 6) is -0.859. The molecule has 6 heteroatoms. The third-order valence-corrected chi connectivity index (χ3v) is 5.64. The lowest BCUT2D eigenvalue weighted by Crippen LogP contribution is -2.35.